The minimum absolute atomic E-state index is 0.612. The first-order chi connectivity index (χ1) is 8.70. The molecule has 0 aliphatic carbocycles. The Bertz CT molecular complexity index is 500. The van der Waals surface area contributed by atoms with Gasteiger partial charge in [0.25, 0.3) is 0 Å². The highest BCUT2D eigenvalue weighted by Gasteiger charge is 2.06. The van der Waals surface area contributed by atoms with Crippen LogP contribution in [0.3, 0.4) is 0 Å². The van der Waals surface area contributed by atoms with Crippen LogP contribution in [-0.2, 0) is 13.0 Å². The zero-order valence-corrected chi connectivity index (χ0v) is 11.4. The Morgan fingerprint density at radius 3 is 2.78 bits per heavy atom. The maximum Gasteiger partial charge on any atom is 0.207 e. The normalized spacial score (nSPS) is 10.9. The summed E-state index contributed by atoms with van der Waals surface area (Å²) in [6.45, 7) is 7.57. The highest BCUT2D eigenvalue weighted by atomic mass is 15.2. The fourth-order valence-corrected chi connectivity index (χ4v) is 2.04. The van der Waals surface area contributed by atoms with Gasteiger partial charge in [-0.15, -0.1) is 0 Å². The SMILES string of the molecule is CCc1ccccc1Nc1nccn1CC(C)C. The van der Waals surface area contributed by atoms with Gasteiger partial charge in [0.15, 0.2) is 0 Å². The van der Waals surface area contributed by atoms with Crippen LogP contribution in [0.25, 0.3) is 0 Å². The summed E-state index contributed by atoms with van der Waals surface area (Å²) in [4.78, 5) is 4.39. The molecule has 0 atom stereocenters. The number of anilines is 2. The number of benzene rings is 1. The second-order valence-corrected chi connectivity index (χ2v) is 4.93. The van der Waals surface area contributed by atoms with E-state index in [-0.39, 0.29) is 0 Å². The second kappa shape index (κ2) is 5.71. The van der Waals surface area contributed by atoms with Gasteiger partial charge < -0.3 is 9.88 Å². The van der Waals surface area contributed by atoms with Crippen LogP contribution in [0.2, 0.25) is 0 Å². The van der Waals surface area contributed by atoms with Crippen molar-refractivity contribution in [3.05, 3.63) is 42.2 Å². The smallest absolute Gasteiger partial charge is 0.207 e. The molecular formula is C15H21N3. The summed E-state index contributed by atoms with van der Waals surface area (Å²) < 4.78 is 2.16. The van der Waals surface area contributed by atoms with Crippen molar-refractivity contribution in [2.24, 2.45) is 5.92 Å². The largest absolute Gasteiger partial charge is 0.325 e. The summed E-state index contributed by atoms with van der Waals surface area (Å²) >= 11 is 0. The molecule has 0 saturated carbocycles. The minimum atomic E-state index is 0.612. The van der Waals surface area contributed by atoms with Crippen molar-refractivity contribution in [3.63, 3.8) is 0 Å². The number of para-hydroxylation sites is 1. The lowest BCUT2D eigenvalue weighted by atomic mass is 10.1. The standard InChI is InChI=1S/C15H21N3/c1-4-13-7-5-6-8-14(13)17-15-16-9-10-18(15)11-12(2)3/h5-10,12H,4,11H2,1-3H3,(H,16,17). The van der Waals surface area contributed by atoms with E-state index in [1.54, 1.807) is 0 Å². The number of rotatable bonds is 5. The molecule has 0 fully saturated rings. The van der Waals surface area contributed by atoms with E-state index < -0.39 is 0 Å². The van der Waals surface area contributed by atoms with Crippen molar-refractivity contribution < 1.29 is 0 Å². The lowest BCUT2D eigenvalue weighted by molar-refractivity contribution is 0.527. The van der Waals surface area contributed by atoms with E-state index in [2.05, 4.69) is 59.9 Å². The highest BCUT2D eigenvalue weighted by Crippen LogP contribution is 2.20. The number of imidazole rings is 1. The van der Waals surface area contributed by atoms with Gasteiger partial charge in [-0.05, 0) is 24.0 Å². The Balaban J connectivity index is 2.21. The highest BCUT2D eigenvalue weighted by molar-refractivity contribution is 5.58. The third-order valence-corrected chi connectivity index (χ3v) is 2.92. The third-order valence-electron chi connectivity index (χ3n) is 2.92. The monoisotopic (exact) mass is 243 g/mol. The molecule has 96 valence electrons. The van der Waals surface area contributed by atoms with Crippen LogP contribution in [0, 0.1) is 5.92 Å². The van der Waals surface area contributed by atoms with Crippen molar-refractivity contribution in [3.8, 4) is 0 Å². The fourth-order valence-electron chi connectivity index (χ4n) is 2.04. The average molecular weight is 243 g/mol. The van der Waals surface area contributed by atoms with Crippen molar-refractivity contribution in [2.45, 2.75) is 33.7 Å². The Morgan fingerprint density at radius 2 is 2.06 bits per heavy atom. The van der Waals surface area contributed by atoms with Crippen LogP contribution in [0.4, 0.5) is 11.6 Å². The molecular weight excluding hydrogens is 222 g/mol. The number of nitrogens with one attached hydrogen (secondary N) is 1. The Morgan fingerprint density at radius 1 is 1.28 bits per heavy atom. The molecule has 0 spiro atoms. The molecule has 1 aromatic carbocycles. The molecule has 2 aromatic rings. The molecule has 3 nitrogen and oxygen atoms in total. The van der Waals surface area contributed by atoms with Gasteiger partial charge in [0.05, 0.1) is 0 Å². The summed E-state index contributed by atoms with van der Waals surface area (Å²) in [5.74, 6) is 1.53. The van der Waals surface area contributed by atoms with E-state index >= 15 is 0 Å². The molecule has 18 heavy (non-hydrogen) atoms. The number of hydrogen-bond acceptors (Lipinski definition) is 2. The summed E-state index contributed by atoms with van der Waals surface area (Å²) in [7, 11) is 0. The van der Waals surface area contributed by atoms with Crippen LogP contribution < -0.4 is 5.32 Å². The van der Waals surface area contributed by atoms with E-state index in [0.29, 0.717) is 5.92 Å². The predicted octanol–water partition coefficient (Wildman–Crippen LogP) is 3.85. The Hall–Kier alpha value is -1.77. The molecule has 3 heteroatoms. The zero-order chi connectivity index (χ0) is 13.0. The predicted molar refractivity (Wildman–Crippen MR) is 76.2 cm³/mol. The molecule has 0 aliphatic heterocycles. The molecule has 0 radical (unpaired) electrons. The summed E-state index contributed by atoms with van der Waals surface area (Å²) in [5, 5.41) is 3.43. The van der Waals surface area contributed by atoms with Crippen molar-refractivity contribution in [2.75, 3.05) is 5.32 Å². The van der Waals surface area contributed by atoms with Gasteiger partial charge in [-0.2, -0.15) is 0 Å². The maximum absolute atomic E-state index is 4.39. The van der Waals surface area contributed by atoms with E-state index in [1.165, 1.54) is 5.56 Å². The fraction of sp³-hybridized carbons (Fsp3) is 0.400. The van der Waals surface area contributed by atoms with Gasteiger partial charge in [-0.25, -0.2) is 4.98 Å². The molecule has 0 unspecified atom stereocenters. The zero-order valence-electron chi connectivity index (χ0n) is 11.4. The van der Waals surface area contributed by atoms with Gasteiger partial charge in [0, 0.05) is 24.6 Å². The lowest BCUT2D eigenvalue weighted by Crippen LogP contribution is -2.08. The number of nitrogens with zero attached hydrogens (tertiary/aromatic N) is 2. The first-order valence-electron chi connectivity index (χ1n) is 6.56. The van der Waals surface area contributed by atoms with Gasteiger partial charge >= 0.3 is 0 Å². The molecule has 1 aromatic heterocycles. The van der Waals surface area contributed by atoms with Crippen LogP contribution in [0.1, 0.15) is 26.3 Å². The number of aryl methyl sites for hydroxylation is 1. The van der Waals surface area contributed by atoms with Gasteiger partial charge in [0.1, 0.15) is 0 Å². The third kappa shape index (κ3) is 2.92. The molecule has 0 saturated heterocycles. The van der Waals surface area contributed by atoms with E-state index in [9.17, 15) is 0 Å². The molecule has 0 aliphatic rings. The quantitative estimate of drug-likeness (QED) is 0.864. The van der Waals surface area contributed by atoms with Crippen LogP contribution in [0.5, 0.6) is 0 Å². The van der Waals surface area contributed by atoms with Crippen molar-refractivity contribution >= 4 is 11.6 Å². The van der Waals surface area contributed by atoms with Gasteiger partial charge in [0.2, 0.25) is 5.95 Å². The number of aromatic nitrogens is 2. The maximum atomic E-state index is 4.39. The topological polar surface area (TPSA) is 29.9 Å². The first kappa shape index (κ1) is 12.7. The summed E-state index contributed by atoms with van der Waals surface area (Å²) in [6, 6.07) is 8.38. The average Bonchev–Trinajstić information content (AvgIpc) is 2.76. The molecule has 2 rings (SSSR count). The van der Waals surface area contributed by atoms with E-state index in [1.807, 2.05) is 12.4 Å². The summed E-state index contributed by atoms with van der Waals surface area (Å²) in [6.07, 6.45) is 4.89. The number of hydrogen-bond donors (Lipinski definition) is 1. The van der Waals surface area contributed by atoms with Gasteiger partial charge in [-0.1, -0.05) is 39.0 Å². The lowest BCUT2D eigenvalue weighted by Gasteiger charge is -2.13. The van der Waals surface area contributed by atoms with Crippen LogP contribution >= 0.6 is 0 Å². The molecule has 1 heterocycles. The second-order valence-electron chi connectivity index (χ2n) is 4.93. The van der Waals surface area contributed by atoms with Crippen LogP contribution in [-0.4, -0.2) is 9.55 Å². The molecule has 0 amide bonds. The van der Waals surface area contributed by atoms with Gasteiger partial charge in [-0.3, -0.25) is 0 Å². The molecule has 1 N–H and O–H groups in total. The van der Waals surface area contributed by atoms with E-state index in [0.717, 1.165) is 24.6 Å². The van der Waals surface area contributed by atoms with Crippen molar-refractivity contribution in [1.82, 2.24) is 9.55 Å². The Labute approximate surface area is 109 Å². The summed E-state index contributed by atoms with van der Waals surface area (Å²) in [5.41, 5.74) is 2.47. The minimum Gasteiger partial charge on any atom is -0.325 e. The molecule has 0 bridgehead atoms. The van der Waals surface area contributed by atoms with E-state index in [4.69, 9.17) is 0 Å². The Kier molecular flexibility index (Phi) is 4.03. The van der Waals surface area contributed by atoms with Crippen LogP contribution in [0.15, 0.2) is 36.7 Å². The van der Waals surface area contributed by atoms with Crippen molar-refractivity contribution in [1.29, 1.82) is 0 Å². The first-order valence-corrected chi connectivity index (χ1v) is 6.56.